The van der Waals surface area contributed by atoms with E-state index in [4.69, 9.17) is 5.11 Å². The summed E-state index contributed by atoms with van der Waals surface area (Å²) < 4.78 is 0. The monoisotopic (exact) mass is 222 g/mol. The van der Waals surface area contributed by atoms with Gasteiger partial charge in [0.25, 0.3) is 0 Å². The van der Waals surface area contributed by atoms with Crippen LogP contribution in [0.5, 0.6) is 0 Å². The van der Waals surface area contributed by atoms with Gasteiger partial charge in [-0.25, -0.2) is 9.78 Å². The van der Waals surface area contributed by atoms with Gasteiger partial charge in [-0.15, -0.1) is 0 Å². The van der Waals surface area contributed by atoms with Gasteiger partial charge >= 0.3 is 5.97 Å². The number of aromatic carboxylic acids is 1. The number of carboxylic acids is 1. The van der Waals surface area contributed by atoms with Crippen molar-refractivity contribution in [3.05, 3.63) is 23.9 Å². The van der Waals surface area contributed by atoms with Crippen LogP contribution in [0.25, 0.3) is 0 Å². The molecule has 0 aliphatic carbocycles. The van der Waals surface area contributed by atoms with E-state index in [1.54, 1.807) is 12.1 Å². The highest BCUT2D eigenvalue weighted by atomic mass is 16.4. The Labute approximate surface area is 93.3 Å². The maximum absolute atomic E-state index is 10.8. The van der Waals surface area contributed by atoms with Gasteiger partial charge in [0.1, 0.15) is 5.82 Å². The average Bonchev–Trinajstić information content (AvgIpc) is 2.29. The number of nitrogens with zero attached hydrogens (tertiary/aromatic N) is 2. The maximum Gasteiger partial charge on any atom is 0.354 e. The fourth-order valence-electron chi connectivity index (χ4n) is 1.88. The van der Waals surface area contributed by atoms with E-state index >= 15 is 0 Å². The van der Waals surface area contributed by atoms with Gasteiger partial charge in [-0.2, -0.15) is 0 Å². The Bertz CT molecular complexity index is 395. The average molecular weight is 222 g/mol. The minimum atomic E-state index is -1.03. The number of aliphatic hydroxyl groups excluding tert-OH is 1. The molecule has 2 N–H and O–H groups in total. The van der Waals surface area contributed by atoms with Crippen LogP contribution < -0.4 is 4.90 Å². The number of aromatic nitrogens is 1. The largest absolute Gasteiger partial charge is 0.477 e. The van der Waals surface area contributed by atoms with Gasteiger partial charge in [0.05, 0.1) is 6.10 Å². The van der Waals surface area contributed by atoms with Crippen LogP contribution in [0.1, 0.15) is 23.3 Å². The summed E-state index contributed by atoms with van der Waals surface area (Å²) in [4.78, 5) is 16.7. The lowest BCUT2D eigenvalue weighted by atomic mass is 10.1. The number of rotatable bonds is 2. The molecule has 1 fully saturated rings. The Morgan fingerprint density at radius 2 is 2.31 bits per heavy atom. The fraction of sp³-hybridized carbons (Fsp3) is 0.455. The molecule has 1 aromatic rings. The molecule has 1 atom stereocenters. The van der Waals surface area contributed by atoms with Gasteiger partial charge in [-0.3, -0.25) is 0 Å². The van der Waals surface area contributed by atoms with Crippen molar-refractivity contribution in [1.82, 2.24) is 4.98 Å². The van der Waals surface area contributed by atoms with Crippen LogP contribution in [0.2, 0.25) is 0 Å². The molecule has 0 bridgehead atoms. The molecule has 0 spiro atoms. The first kappa shape index (κ1) is 10.9. The van der Waals surface area contributed by atoms with Crippen molar-refractivity contribution in [2.75, 3.05) is 18.0 Å². The van der Waals surface area contributed by atoms with Gasteiger partial charge < -0.3 is 15.1 Å². The summed E-state index contributed by atoms with van der Waals surface area (Å²) in [5.41, 5.74) is 0.0394. The summed E-state index contributed by atoms with van der Waals surface area (Å²) in [5.74, 6) is -0.405. The Kier molecular flexibility index (Phi) is 3.05. The van der Waals surface area contributed by atoms with Crippen molar-refractivity contribution in [1.29, 1.82) is 0 Å². The van der Waals surface area contributed by atoms with Crippen molar-refractivity contribution in [2.45, 2.75) is 18.9 Å². The molecular weight excluding hydrogens is 208 g/mol. The zero-order valence-electron chi connectivity index (χ0n) is 8.83. The Hall–Kier alpha value is -1.62. The summed E-state index contributed by atoms with van der Waals surface area (Å²) in [6, 6.07) is 4.91. The smallest absolute Gasteiger partial charge is 0.354 e. The minimum absolute atomic E-state index is 0.0394. The van der Waals surface area contributed by atoms with Crippen LogP contribution >= 0.6 is 0 Å². The van der Waals surface area contributed by atoms with E-state index in [2.05, 4.69) is 4.98 Å². The first-order valence-electron chi connectivity index (χ1n) is 5.30. The minimum Gasteiger partial charge on any atom is -0.477 e. The number of pyridine rings is 1. The molecule has 1 aliphatic rings. The molecule has 5 heteroatoms. The molecule has 0 saturated carbocycles. The van der Waals surface area contributed by atoms with Gasteiger partial charge in [0, 0.05) is 13.1 Å². The van der Waals surface area contributed by atoms with E-state index in [1.807, 2.05) is 4.90 Å². The molecule has 0 amide bonds. The molecule has 1 aromatic heterocycles. The maximum atomic E-state index is 10.8. The molecule has 1 saturated heterocycles. The van der Waals surface area contributed by atoms with Crippen molar-refractivity contribution >= 4 is 11.8 Å². The number of hydrogen-bond acceptors (Lipinski definition) is 4. The quantitative estimate of drug-likeness (QED) is 0.772. The molecule has 1 unspecified atom stereocenters. The van der Waals surface area contributed by atoms with Crippen molar-refractivity contribution in [2.24, 2.45) is 0 Å². The number of carboxylic acid groups (broad SMARTS) is 1. The second kappa shape index (κ2) is 4.49. The van der Waals surface area contributed by atoms with Crippen LogP contribution in [-0.2, 0) is 0 Å². The molecule has 0 radical (unpaired) electrons. The van der Waals surface area contributed by atoms with Crippen LogP contribution in [0.4, 0.5) is 5.82 Å². The zero-order valence-corrected chi connectivity index (χ0v) is 8.83. The molecule has 5 nitrogen and oxygen atoms in total. The first-order valence-corrected chi connectivity index (χ1v) is 5.30. The van der Waals surface area contributed by atoms with Crippen LogP contribution in [-0.4, -0.2) is 40.4 Å². The molecular formula is C11H14N2O3. The van der Waals surface area contributed by atoms with Gasteiger partial charge in [0.15, 0.2) is 5.69 Å². The second-order valence-electron chi connectivity index (χ2n) is 3.93. The molecule has 0 aromatic carbocycles. The van der Waals surface area contributed by atoms with Crippen molar-refractivity contribution in [3.8, 4) is 0 Å². The van der Waals surface area contributed by atoms with Gasteiger partial charge in [0.2, 0.25) is 0 Å². The summed E-state index contributed by atoms with van der Waals surface area (Å²) in [7, 11) is 0. The number of anilines is 1. The standard InChI is InChI=1S/C11H14N2O3/c14-8-3-2-6-13(7-8)10-5-1-4-9(12-10)11(15)16/h1,4-5,8,14H,2-3,6-7H2,(H,15,16). The number of carbonyl (C=O) groups is 1. The summed E-state index contributed by atoms with van der Waals surface area (Å²) in [6.45, 7) is 1.34. The second-order valence-corrected chi connectivity index (χ2v) is 3.93. The number of aliphatic hydroxyl groups is 1. The number of piperidine rings is 1. The predicted octanol–water partition coefficient (Wildman–Crippen LogP) is 0.741. The molecule has 2 rings (SSSR count). The van der Waals surface area contributed by atoms with E-state index in [1.165, 1.54) is 6.07 Å². The lowest BCUT2D eigenvalue weighted by Gasteiger charge is -2.31. The van der Waals surface area contributed by atoms with Crippen LogP contribution in [0, 0.1) is 0 Å². The van der Waals surface area contributed by atoms with E-state index in [0.717, 1.165) is 19.4 Å². The predicted molar refractivity (Wildman–Crippen MR) is 58.7 cm³/mol. The molecule has 1 aliphatic heterocycles. The Morgan fingerprint density at radius 1 is 1.50 bits per heavy atom. The number of hydrogen-bond donors (Lipinski definition) is 2. The van der Waals surface area contributed by atoms with Crippen LogP contribution in [0.15, 0.2) is 18.2 Å². The van der Waals surface area contributed by atoms with Gasteiger partial charge in [-0.1, -0.05) is 6.07 Å². The van der Waals surface area contributed by atoms with E-state index in [0.29, 0.717) is 12.4 Å². The third kappa shape index (κ3) is 2.30. The van der Waals surface area contributed by atoms with E-state index < -0.39 is 5.97 Å². The Morgan fingerprint density at radius 3 is 3.00 bits per heavy atom. The highest BCUT2D eigenvalue weighted by molar-refractivity contribution is 5.85. The summed E-state index contributed by atoms with van der Waals surface area (Å²) >= 11 is 0. The third-order valence-corrected chi connectivity index (χ3v) is 2.67. The fourth-order valence-corrected chi connectivity index (χ4v) is 1.88. The van der Waals surface area contributed by atoms with Crippen molar-refractivity contribution < 1.29 is 15.0 Å². The summed E-state index contributed by atoms with van der Waals surface area (Å²) in [5, 5.41) is 18.4. The summed E-state index contributed by atoms with van der Waals surface area (Å²) in [6.07, 6.45) is 1.36. The van der Waals surface area contributed by atoms with Crippen molar-refractivity contribution in [3.63, 3.8) is 0 Å². The highest BCUT2D eigenvalue weighted by Crippen LogP contribution is 2.18. The molecule has 86 valence electrons. The van der Waals surface area contributed by atoms with E-state index in [-0.39, 0.29) is 11.8 Å². The number of β-amino-alcohol motifs (C(OH)–C–C–N with tert-alkyl or cyclic N) is 1. The topological polar surface area (TPSA) is 73.7 Å². The van der Waals surface area contributed by atoms with E-state index in [9.17, 15) is 9.90 Å². The van der Waals surface area contributed by atoms with Crippen LogP contribution in [0.3, 0.4) is 0 Å². The lowest BCUT2D eigenvalue weighted by Crippen LogP contribution is -2.38. The SMILES string of the molecule is O=C(O)c1cccc(N2CCCC(O)C2)n1. The molecule has 16 heavy (non-hydrogen) atoms. The molecule has 2 heterocycles. The zero-order chi connectivity index (χ0) is 11.5. The Balaban J connectivity index is 2.19. The third-order valence-electron chi connectivity index (χ3n) is 2.67. The first-order chi connectivity index (χ1) is 7.66. The normalized spacial score (nSPS) is 20.8. The lowest BCUT2D eigenvalue weighted by molar-refractivity contribution is 0.0690. The van der Waals surface area contributed by atoms with Gasteiger partial charge in [-0.05, 0) is 25.0 Å². The highest BCUT2D eigenvalue weighted by Gasteiger charge is 2.19.